The van der Waals surface area contributed by atoms with E-state index >= 15 is 0 Å². The van der Waals surface area contributed by atoms with Crippen molar-refractivity contribution in [1.29, 1.82) is 0 Å². The number of nitrogens with zero attached hydrogens (tertiary/aromatic N) is 1. The lowest BCUT2D eigenvalue weighted by atomic mass is 9.95. The van der Waals surface area contributed by atoms with Crippen LogP contribution >= 0.6 is 11.6 Å². The minimum absolute atomic E-state index is 0.220. The predicted octanol–water partition coefficient (Wildman–Crippen LogP) is 7.05. The topological polar surface area (TPSA) is 32.7 Å². The Morgan fingerprint density at radius 2 is 1.38 bits per heavy atom. The van der Waals surface area contributed by atoms with E-state index in [-0.39, 0.29) is 5.75 Å². The average molecular weight is 450 g/mol. The van der Waals surface area contributed by atoms with Gasteiger partial charge in [0.1, 0.15) is 11.5 Å². The Balaban J connectivity index is 1.74. The minimum Gasteiger partial charge on any atom is -0.508 e. The second kappa shape index (κ2) is 12.3. The number of unbranched alkanes of at least 4 members (excludes halogenated alkanes) is 1. The second-order valence-corrected chi connectivity index (χ2v) is 8.09. The van der Waals surface area contributed by atoms with E-state index in [1.807, 2.05) is 42.5 Å². The first kappa shape index (κ1) is 23.9. The van der Waals surface area contributed by atoms with Gasteiger partial charge in [-0.2, -0.15) is 0 Å². The van der Waals surface area contributed by atoms with Crippen molar-refractivity contribution in [2.75, 3.05) is 26.2 Å². The van der Waals surface area contributed by atoms with E-state index in [9.17, 15) is 5.11 Å². The van der Waals surface area contributed by atoms with Crippen molar-refractivity contribution in [2.45, 2.75) is 26.7 Å². The van der Waals surface area contributed by atoms with Crippen LogP contribution < -0.4 is 4.74 Å². The van der Waals surface area contributed by atoms with Crippen LogP contribution in [0.5, 0.6) is 11.5 Å². The molecule has 32 heavy (non-hydrogen) atoms. The highest BCUT2D eigenvalue weighted by Crippen LogP contribution is 2.35. The smallest absolute Gasteiger partial charge is 0.119 e. The Labute approximate surface area is 196 Å². The molecule has 1 N–H and O–H groups in total. The lowest BCUT2D eigenvalue weighted by Gasteiger charge is -2.17. The molecule has 3 nitrogen and oxygen atoms in total. The summed E-state index contributed by atoms with van der Waals surface area (Å²) in [6.45, 7) is 8.44. The van der Waals surface area contributed by atoms with Crippen molar-refractivity contribution < 1.29 is 9.84 Å². The average Bonchev–Trinajstić information content (AvgIpc) is 2.83. The van der Waals surface area contributed by atoms with Crippen LogP contribution in [0.2, 0.25) is 0 Å². The Morgan fingerprint density at radius 1 is 0.781 bits per heavy atom. The van der Waals surface area contributed by atoms with E-state index in [1.54, 1.807) is 12.1 Å². The predicted molar refractivity (Wildman–Crippen MR) is 135 cm³/mol. The molecule has 168 valence electrons. The van der Waals surface area contributed by atoms with Crippen molar-refractivity contribution in [2.24, 2.45) is 0 Å². The van der Waals surface area contributed by atoms with E-state index in [0.29, 0.717) is 5.03 Å². The fraction of sp³-hybridized carbons (Fsp3) is 0.286. The van der Waals surface area contributed by atoms with Crippen molar-refractivity contribution in [3.63, 3.8) is 0 Å². The van der Waals surface area contributed by atoms with Crippen LogP contribution in [0, 0.1) is 0 Å². The number of hydrogen-bond acceptors (Lipinski definition) is 3. The molecular formula is C28H32ClNO2. The van der Waals surface area contributed by atoms with Crippen LogP contribution in [-0.4, -0.2) is 36.2 Å². The maximum absolute atomic E-state index is 9.62. The van der Waals surface area contributed by atoms with E-state index in [1.165, 1.54) is 0 Å². The molecule has 0 amide bonds. The first-order valence-corrected chi connectivity index (χ1v) is 11.7. The third-order valence-corrected chi connectivity index (χ3v) is 5.98. The Bertz CT molecular complexity index is 978. The molecule has 4 heteroatoms. The lowest BCUT2D eigenvalue weighted by Crippen LogP contribution is -2.24. The van der Waals surface area contributed by atoms with Gasteiger partial charge in [0, 0.05) is 5.57 Å². The molecule has 0 spiro atoms. The standard InChI is InChI=1S/C28H32ClNO2/c1-3-30(4-2)20-8-9-21-32-26-18-14-23(15-19-26)27(22-10-6-5-7-11-22)28(29)24-12-16-25(31)17-13-24/h5-7,10-19,31H,3-4,8-9,20-21H2,1-2H3. The summed E-state index contributed by atoms with van der Waals surface area (Å²) < 4.78 is 5.96. The Hall–Kier alpha value is -2.75. The van der Waals surface area contributed by atoms with Crippen LogP contribution in [-0.2, 0) is 0 Å². The van der Waals surface area contributed by atoms with Gasteiger partial charge in [-0.3, -0.25) is 0 Å². The fourth-order valence-electron chi connectivity index (χ4n) is 3.66. The van der Waals surface area contributed by atoms with Gasteiger partial charge in [-0.15, -0.1) is 0 Å². The zero-order valence-corrected chi connectivity index (χ0v) is 19.7. The van der Waals surface area contributed by atoms with Crippen LogP contribution in [0.1, 0.15) is 43.4 Å². The summed E-state index contributed by atoms with van der Waals surface area (Å²) in [5.74, 6) is 1.09. The number of phenols is 1. The number of hydrogen-bond donors (Lipinski definition) is 1. The highest BCUT2D eigenvalue weighted by Gasteiger charge is 2.13. The zero-order chi connectivity index (χ0) is 22.8. The Kier molecular flexibility index (Phi) is 9.21. The van der Waals surface area contributed by atoms with Gasteiger partial charge < -0.3 is 14.7 Å². The molecule has 0 fully saturated rings. The molecule has 0 atom stereocenters. The molecule has 0 bridgehead atoms. The maximum atomic E-state index is 9.62. The molecule has 0 saturated heterocycles. The molecular weight excluding hydrogens is 418 g/mol. The molecule has 0 aromatic heterocycles. The minimum atomic E-state index is 0.220. The number of rotatable bonds is 11. The summed E-state index contributed by atoms with van der Waals surface area (Å²) in [7, 11) is 0. The van der Waals surface area contributed by atoms with Crippen molar-refractivity contribution in [3.8, 4) is 11.5 Å². The number of aromatic hydroxyl groups is 1. The van der Waals surface area contributed by atoms with Gasteiger partial charge in [0.15, 0.2) is 0 Å². The number of phenolic OH excluding ortho intramolecular Hbond substituents is 1. The van der Waals surface area contributed by atoms with E-state index < -0.39 is 0 Å². The molecule has 0 aliphatic heterocycles. The van der Waals surface area contributed by atoms with Crippen molar-refractivity contribution in [3.05, 3.63) is 95.6 Å². The van der Waals surface area contributed by atoms with E-state index in [2.05, 4.69) is 43.0 Å². The molecule has 0 aliphatic rings. The summed E-state index contributed by atoms with van der Waals surface area (Å²) in [6.07, 6.45) is 2.18. The van der Waals surface area contributed by atoms with Crippen molar-refractivity contribution in [1.82, 2.24) is 4.90 Å². The van der Waals surface area contributed by atoms with Gasteiger partial charge in [-0.25, -0.2) is 0 Å². The van der Waals surface area contributed by atoms with E-state index in [4.69, 9.17) is 16.3 Å². The molecule has 0 unspecified atom stereocenters. The molecule has 0 aliphatic carbocycles. The van der Waals surface area contributed by atoms with Crippen LogP contribution in [0.4, 0.5) is 0 Å². The van der Waals surface area contributed by atoms with Gasteiger partial charge in [0.05, 0.1) is 11.6 Å². The monoisotopic (exact) mass is 449 g/mol. The zero-order valence-electron chi connectivity index (χ0n) is 18.9. The van der Waals surface area contributed by atoms with Crippen LogP contribution in [0.3, 0.4) is 0 Å². The normalized spacial score (nSPS) is 12.0. The largest absolute Gasteiger partial charge is 0.508 e. The fourth-order valence-corrected chi connectivity index (χ4v) is 4.01. The second-order valence-electron chi connectivity index (χ2n) is 7.71. The number of halogens is 1. The van der Waals surface area contributed by atoms with Crippen LogP contribution in [0.25, 0.3) is 10.6 Å². The molecule has 0 heterocycles. The molecule has 3 aromatic carbocycles. The summed E-state index contributed by atoms with van der Waals surface area (Å²) in [5.41, 5.74) is 3.86. The first-order chi connectivity index (χ1) is 15.6. The van der Waals surface area contributed by atoms with Gasteiger partial charge in [-0.1, -0.05) is 67.9 Å². The first-order valence-electron chi connectivity index (χ1n) is 11.3. The molecule has 0 saturated carbocycles. The Morgan fingerprint density at radius 3 is 2.00 bits per heavy atom. The summed E-state index contributed by atoms with van der Waals surface area (Å²) >= 11 is 6.86. The van der Waals surface area contributed by atoms with E-state index in [0.717, 1.165) is 67.1 Å². The quantitative estimate of drug-likeness (QED) is 0.251. The van der Waals surface area contributed by atoms with Gasteiger partial charge in [0.2, 0.25) is 0 Å². The molecule has 3 rings (SSSR count). The summed E-state index contributed by atoms with van der Waals surface area (Å²) in [4.78, 5) is 2.43. The summed E-state index contributed by atoms with van der Waals surface area (Å²) in [5, 5.41) is 10.3. The third-order valence-electron chi connectivity index (χ3n) is 5.58. The molecule has 3 aromatic rings. The third kappa shape index (κ3) is 6.62. The maximum Gasteiger partial charge on any atom is 0.119 e. The van der Waals surface area contributed by atoms with Gasteiger partial charge in [0.25, 0.3) is 0 Å². The van der Waals surface area contributed by atoms with Crippen LogP contribution in [0.15, 0.2) is 78.9 Å². The summed E-state index contributed by atoms with van der Waals surface area (Å²) in [6, 6.07) is 25.2. The SMILES string of the molecule is CCN(CC)CCCCOc1ccc(C(=C(Cl)c2ccc(O)cc2)c2ccccc2)cc1. The van der Waals surface area contributed by atoms with Crippen molar-refractivity contribution >= 4 is 22.2 Å². The van der Waals surface area contributed by atoms with Gasteiger partial charge in [-0.05, 0) is 85.6 Å². The number of ether oxygens (including phenoxy) is 1. The number of benzene rings is 3. The highest BCUT2D eigenvalue weighted by molar-refractivity contribution is 6.53. The lowest BCUT2D eigenvalue weighted by molar-refractivity contribution is 0.266. The highest BCUT2D eigenvalue weighted by atomic mass is 35.5. The van der Waals surface area contributed by atoms with Gasteiger partial charge >= 0.3 is 0 Å². The molecule has 0 radical (unpaired) electrons.